The molecule has 0 amide bonds. The van der Waals surface area contributed by atoms with Gasteiger partial charge in [0.25, 0.3) is 5.88 Å². The minimum absolute atomic E-state index is 0.0216. The first-order chi connectivity index (χ1) is 8.61. The summed E-state index contributed by atoms with van der Waals surface area (Å²) in [4.78, 5) is 15.8. The largest absolute Gasteiger partial charge is 0.432 e. The molecule has 1 heterocycles. The summed E-state index contributed by atoms with van der Waals surface area (Å²) in [6.07, 6.45) is 3.13. The van der Waals surface area contributed by atoms with Crippen molar-refractivity contribution in [2.45, 2.75) is 13.5 Å². The van der Waals surface area contributed by atoms with Crippen LogP contribution < -0.4 is 16.0 Å². The van der Waals surface area contributed by atoms with Crippen molar-refractivity contribution in [1.82, 2.24) is 9.55 Å². The molecular formula is C12H12BrN3O2. The minimum atomic E-state index is -0.276. The smallest absolute Gasteiger partial charge is 0.313 e. The molecule has 0 atom stereocenters. The van der Waals surface area contributed by atoms with Crippen molar-refractivity contribution in [1.29, 1.82) is 0 Å². The number of aryl methyl sites for hydroxylation is 1. The number of benzene rings is 1. The summed E-state index contributed by atoms with van der Waals surface area (Å²) < 4.78 is 7.81. The van der Waals surface area contributed by atoms with Crippen molar-refractivity contribution in [3.63, 3.8) is 0 Å². The Morgan fingerprint density at radius 3 is 2.94 bits per heavy atom. The molecule has 0 fully saturated rings. The predicted octanol–water partition coefficient (Wildman–Crippen LogP) is 2.40. The molecule has 2 aromatic rings. The molecule has 0 unspecified atom stereocenters. The van der Waals surface area contributed by atoms with Gasteiger partial charge in [0.1, 0.15) is 0 Å². The molecule has 0 aliphatic heterocycles. The zero-order valence-electron chi connectivity index (χ0n) is 9.76. The molecule has 0 spiro atoms. The van der Waals surface area contributed by atoms with E-state index in [0.717, 1.165) is 4.47 Å². The van der Waals surface area contributed by atoms with Crippen LogP contribution in [-0.4, -0.2) is 9.55 Å². The molecule has 2 rings (SSSR count). The summed E-state index contributed by atoms with van der Waals surface area (Å²) in [5.74, 6) is 0.435. The highest BCUT2D eigenvalue weighted by Crippen LogP contribution is 2.27. The second-order valence-electron chi connectivity index (χ2n) is 3.61. The zero-order chi connectivity index (χ0) is 13.1. The SMILES string of the molecule is CCn1ccnc(Oc2ccc(Br)cc2N)c1=O. The average molecular weight is 310 g/mol. The van der Waals surface area contributed by atoms with Gasteiger partial charge in [0.05, 0.1) is 5.69 Å². The highest BCUT2D eigenvalue weighted by atomic mass is 79.9. The van der Waals surface area contributed by atoms with Gasteiger partial charge in [0.2, 0.25) is 0 Å². The van der Waals surface area contributed by atoms with Crippen LogP contribution in [0.3, 0.4) is 0 Å². The summed E-state index contributed by atoms with van der Waals surface area (Å²) in [7, 11) is 0. The Hall–Kier alpha value is -1.82. The summed E-state index contributed by atoms with van der Waals surface area (Å²) in [6.45, 7) is 2.44. The van der Waals surface area contributed by atoms with Gasteiger partial charge in [-0.05, 0) is 25.1 Å². The van der Waals surface area contributed by atoms with Crippen LogP contribution in [0.5, 0.6) is 11.6 Å². The fourth-order valence-corrected chi connectivity index (χ4v) is 1.84. The third-order valence-electron chi connectivity index (χ3n) is 2.40. The first kappa shape index (κ1) is 12.6. The number of nitrogens with two attached hydrogens (primary N) is 1. The third kappa shape index (κ3) is 2.53. The Bertz CT molecular complexity index is 625. The van der Waals surface area contributed by atoms with Crippen molar-refractivity contribution in [2.24, 2.45) is 0 Å². The molecule has 0 aliphatic carbocycles. The second kappa shape index (κ2) is 5.22. The molecule has 1 aromatic heterocycles. The van der Waals surface area contributed by atoms with Crippen molar-refractivity contribution in [2.75, 3.05) is 5.73 Å². The van der Waals surface area contributed by atoms with E-state index >= 15 is 0 Å². The lowest BCUT2D eigenvalue weighted by Crippen LogP contribution is -2.20. The van der Waals surface area contributed by atoms with E-state index in [1.807, 2.05) is 6.92 Å². The molecule has 18 heavy (non-hydrogen) atoms. The van der Waals surface area contributed by atoms with Gasteiger partial charge in [0.15, 0.2) is 5.75 Å². The molecule has 0 aliphatic rings. The van der Waals surface area contributed by atoms with Crippen molar-refractivity contribution in [3.8, 4) is 11.6 Å². The van der Waals surface area contributed by atoms with Gasteiger partial charge >= 0.3 is 5.56 Å². The van der Waals surface area contributed by atoms with E-state index in [9.17, 15) is 4.79 Å². The number of aromatic nitrogens is 2. The van der Waals surface area contributed by atoms with Crippen LogP contribution in [-0.2, 0) is 6.54 Å². The van der Waals surface area contributed by atoms with Crippen LogP contribution in [0.25, 0.3) is 0 Å². The van der Waals surface area contributed by atoms with Crippen molar-refractivity contribution < 1.29 is 4.74 Å². The molecule has 0 radical (unpaired) electrons. The van der Waals surface area contributed by atoms with Gasteiger partial charge in [-0.3, -0.25) is 4.79 Å². The molecular weight excluding hydrogens is 298 g/mol. The lowest BCUT2D eigenvalue weighted by Gasteiger charge is -2.08. The zero-order valence-corrected chi connectivity index (χ0v) is 11.3. The molecule has 6 heteroatoms. The Morgan fingerprint density at radius 1 is 1.50 bits per heavy atom. The highest BCUT2D eigenvalue weighted by molar-refractivity contribution is 9.10. The van der Waals surface area contributed by atoms with E-state index < -0.39 is 0 Å². The highest BCUT2D eigenvalue weighted by Gasteiger charge is 2.08. The lowest BCUT2D eigenvalue weighted by atomic mass is 10.3. The third-order valence-corrected chi connectivity index (χ3v) is 2.89. The lowest BCUT2D eigenvalue weighted by molar-refractivity contribution is 0.447. The molecule has 0 saturated carbocycles. The number of nitrogens with zero attached hydrogens (tertiary/aromatic N) is 2. The number of hydrogen-bond acceptors (Lipinski definition) is 4. The van der Waals surface area contributed by atoms with Gasteiger partial charge in [-0.15, -0.1) is 0 Å². The molecule has 2 N–H and O–H groups in total. The van der Waals surface area contributed by atoms with E-state index in [1.54, 1.807) is 24.4 Å². The second-order valence-corrected chi connectivity index (χ2v) is 4.52. The number of ether oxygens (including phenoxy) is 1. The Labute approximate surface area is 112 Å². The first-order valence-electron chi connectivity index (χ1n) is 5.40. The number of nitrogen functional groups attached to an aromatic ring is 1. The van der Waals surface area contributed by atoms with E-state index in [0.29, 0.717) is 18.0 Å². The van der Waals surface area contributed by atoms with Crippen molar-refractivity contribution >= 4 is 21.6 Å². The number of rotatable bonds is 3. The Balaban J connectivity index is 2.37. The number of halogens is 1. The van der Waals surface area contributed by atoms with Crippen LogP contribution >= 0.6 is 15.9 Å². The van der Waals surface area contributed by atoms with Gasteiger partial charge in [-0.2, -0.15) is 0 Å². The maximum Gasteiger partial charge on any atom is 0.313 e. The monoisotopic (exact) mass is 309 g/mol. The minimum Gasteiger partial charge on any atom is -0.432 e. The summed E-state index contributed by atoms with van der Waals surface area (Å²) >= 11 is 3.30. The summed E-state index contributed by atoms with van der Waals surface area (Å²) in [6, 6.07) is 5.17. The normalized spacial score (nSPS) is 10.3. The summed E-state index contributed by atoms with van der Waals surface area (Å²) in [5, 5.41) is 0. The van der Waals surface area contributed by atoms with Crippen molar-refractivity contribution in [3.05, 3.63) is 45.4 Å². The predicted molar refractivity (Wildman–Crippen MR) is 72.8 cm³/mol. The molecule has 5 nitrogen and oxygen atoms in total. The molecule has 0 bridgehead atoms. The van der Waals surface area contributed by atoms with Crippen LogP contribution in [0, 0.1) is 0 Å². The fourth-order valence-electron chi connectivity index (χ4n) is 1.46. The Kier molecular flexibility index (Phi) is 3.66. The molecule has 94 valence electrons. The van der Waals surface area contributed by atoms with Gasteiger partial charge in [-0.25, -0.2) is 4.98 Å². The van der Waals surface area contributed by atoms with E-state index in [-0.39, 0.29) is 11.4 Å². The van der Waals surface area contributed by atoms with E-state index in [1.165, 1.54) is 10.8 Å². The number of hydrogen-bond donors (Lipinski definition) is 1. The van der Waals surface area contributed by atoms with Crippen LogP contribution in [0.2, 0.25) is 0 Å². The number of anilines is 1. The average Bonchev–Trinajstić information content (AvgIpc) is 2.35. The van der Waals surface area contributed by atoms with Crippen LogP contribution in [0.4, 0.5) is 5.69 Å². The Morgan fingerprint density at radius 2 is 2.28 bits per heavy atom. The standard InChI is InChI=1S/C12H12BrN3O2/c1-2-16-6-5-15-11(12(16)17)18-10-4-3-8(13)7-9(10)14/h3-7H,2,14H2,1H3. The van der Waals surface area contributed by atoms with E-state index in [2.05, 4.69) is 20.9 Å². The van der Waals surface area contributed by atoms with Crippen LogP contribution in [0.1, 0.15) is 6.92 Å². The first-order valence-corrected chi connectivity index (χ1v) is 6.19. The van der Waals surface area contributed by atoms with E-state index in [4.69, 9.17) is 10.5 Å². The van der Waals surface area contributed by atoms with Gasteiger partial charge in [0, 0.05) is 23.4 Å². The van der Waals surface area contributed by atoms with Crippen LogP contribution in [0.15, 0.2) is 39.9 Å². The maximum atomic E-state index is 11.9. The quantitative estimate of drug-likeness (QED) is 0.884. The van der Waals surface area contributed by atoms with Gasteiger partial charge < -0.3 is 15.0 Å². The maximum absolute atomic E-state index is 11.9. The topological polar surface area (TPSA) is 70.1 Å². The molecule has 1 aromatic carbocycles. The fraction of sp³-hybridized carbons (Fsp3) is 0.167. The van der Waals surface area contributed by atoms with Gasteiger partial charge in [-0.1, -0.05) is 15.9 Å². The molecule has 0 saturated heterocycles. The summed E-state index contributed by atoms with van der Waals surface area (Å²) in [5.41, 5.74) is 5.96.